The molecule has 4 rings (SSSR count). The number of ether oxygens (including phenoxy) is 1. The van der Waals surface area contributed by atoms with Crippen LogP contribution in [0.15, 0.2) is 47.6 Å². The Morgan fingerprint density at radius 1 is 1.09 bits per heavy atom. The Bertz CT molecular complexity index is 1690. The van der Waals surface area contributed by atoms with Gasteiger partial charge < -0.3 is 26.8 Å². The van der Waals surface area contributed by atoms with Crippen molar-refractivity contribution in [2.45, 2.75) is 36.9 Å². The maximum Gasteiger partial charge on any atom is 0.491 e. The summed E-state index contributed by atoms with van der Waals surface area (Å²) in [6.07, 6.45) is -11.9. The SMILES string of the molecule is NC(=O)c1cc(NC2=NCC(F)CN2)c2cnn(C(C(N)=O)[C@@H](CC(=O)OC(=O)C(F)(F)F)c3cccc(C(F)(F)F)c3)c2c1. The highest BCUT2D eigenvalue weighted by Crippen LogP contribution is 2.39. The number of alkyl halides is 7. The number of anilines is 1. The Hall–Kier alpha value is -5.23. The number of aromatic nitrogens is 2. The lowest BCUT2D eigenvalue weighted by molar-refractivity contribution is -0.202. The smallest absolute Gasteiger partial charge is 0.386 e. The number of amides is 2. The molecule has 12 nitrogen and oxygen atoms in total. The molecule has 2 heterocycles. The molecule has 0 saturated heterocycles. The number of aliphatic imine (C=N–C) groups is 1. The number of nitrogens with one attached hydrogen (secondary N) is 2. The van der Waals surface area contributed by atoms with Gasteiger partial charge in [-0.05, 0) is 23.8 Å². The van der Waals surface area contributed by atoms with Crippen molar-refractivity contribution < 1.29 is 54.6 Å². The number of hydrogen-bond donors (Lipinski definition) is 4. The molecule has 6 N–H and O–H groups in total. The van der Waals surface area contributed by atoms with Crippen LogP contribution in [0.25, 0.3) is 10.9 Å². The number of halogens is 7. The van der Waals surface area contributed by atoms with Crippen molar-refractivity contribution in [1.29, 1.82) is 0 Å². The van der Waals surface area contributed by atoms with Crippen LogP contribution in [0.5, 0.6) is 0 Å². The molecule has 2 amide bonds. The van der Waals surface area contributed by atoms with E-state index in [9.17, 15) is 49.9 Å². The highest BCUT2D eigenvalue weighted by Gasteiger charge is 2.44. The summed E-state index contributed by atoms with van der Waals surface area (Å²) in [6, 6.07) is 3.68. The van der Waals surface area contributed by atoms with E-state index in [1.807, 2.05) is 0 Å². The molecule has 0 saturated carbocycles. The zero-order chi connectivity index (χ0) is 33.3. The van der Waals surface area contributed by atoms with Crippen molar-refractivity contribution in [2.24, 2.45) is 16.5 Å². The number of benzene rings is 2. The summed E-state index contributed by atoms with van der Waals surface area (Å²) in [4.78, 5) is 52.9. The normalized spacial score (nSPS) is 16.7. The topological polar surface area (TPSA) is 184 Å². The van der Waals surface area contributed by atoms with Gasteiger partial charge in [0, 0.05) is 16.9 Å². The van der Waals surface area contributed by atoms with Crippen molar-refractivity contribution in [3.05, 3.63) is 59.3 Å². The molecular weight excluding hydrogens is 623 g/mol. The fourth-order valence-corrected chi connectivity index (χ4v) is 4.57. The van der Waals surface area contributed by atoms with Crippen LogP contribution in [0.2, 0.25) is 0 Å². The van der Waals surface area contributed by atoms with Crippen LogP contribution in [0.1, 0.15) is 39.9 Å². The third-order valence-electron chi connectivity index (χ3n) is 6.60. The number of nitrogens with two attached hydrogens (primary N) is 2. The average Bonchev–Trinajstić information content (AvgIpc) is 3.36. The first-order chi connectivity index (χ1) is 21.0. The molecule has 1 aliphatic rings. The minimum Gasteiger partial charge on any atom is -0.386 e. The summed E-state index contributed by atoms with van der Waals surface area (Å²) in [7, 11) is 0. The van der Waals surface area contributed by atoms with Crippen LogP contribution in [0.3, 0.4) is 0 Å². The fourth-order valence-electron chi connectivity index (χ4n) is 4.57. The van der Waals surface area contributed by atoms with Gasteiger partial charge >= 0.3 is 24.3 Å². The number of esters is 2. The van der Waals surface area contributed by atoms with Crippen LogP contribution in [-0.4, -0.2) is 64.9 Å². The molecule has 0 bridgehead atoms. The number of hydrogen-bond acceptors (Lipinski definition) is 9. The fraction of sp³-hybridized carbons (Fsp3) is 0.308. The van der Waals surface area contributed by atoms with E-state index in [0.29, 0.717) is 12.1 Å². The molecule has 0 aliphatic carbocycles. The standard InChI is InChI=1S/C26H22F7N7O5/c27-14-8-36-24(37-9-14)39-17-5-12(21(34)42)6-18-16(17)10-38-40(18)20(22(35)43)15(7-19(41)45-23(44)26(31,32)33)11-2-1-3-13(4-11)25(28,29)30/h1-6,10,14-15,20H,7-9H2,(H2,34,42)(H2,35,43)(H2,36,37,39)/t15-,20?/m0/s1. The number of carbonyl (C=O) groups excluding carboxylic acids is 4. The van der Waals surface area contributed by atoms with E-state index in [1.165, 1.54) is 6.07 Å². The lowest BCUT2D eigenvalue weighted by atomic mass is 9.87. The molecule has 45 heavy (non-hydrogen) atoms. The maximum absolute atomic E-state index is 13.6. The minimum atomic E-state index is -5.58. The van der Waals surface area contributed by atoms with Gasteiger partial charge in [0.1, 0.15) is 12.2 Å². The van der Waals surface area contributed by atoms with E-state index in [2.05, 4.69) is 25.5 Å². The van der Waals surface area contributed by atoms with Crippen LogP contribution in [-0.2, 0) is 25.3 Å². The Morgan fingerprint density at radius 3 is 2.38 bits per heavy atom. The van der Waals surface area contributed by atoms with Crippen molar-refractivity contribution in [3.63, 3.8) is 0 Å². The maximum atomic E-state index is 13.6. The molecule has 240 valence electrons. The van der Waals surface area contributed by atoms with Gasteiger partial charge in [0.05, 0.1) is 42.5 Å². The van der Waals surface area contributed by atoms with Gasteiger partial charge in [-0.3, -0.25) is 19.1 Å². The molecule has 2 unspecified atom stereocenters. The van der Waals surface area contributed by atoms with Crippen molar-refractivity contribution in [3.8, 4) is 0 Å². The molecule has 3 atom stereocenters. The van der Waals surface area contributed by atoms with Crippen molar-refractivity contribution in [2.75, 3.05) is 18.4 Å². The Kier molecular flexibility index (Phi) is 9.01. The van der Waals surface area contributed by atoms with Crippen LogP contribution >= 0.6 is 0 Å². The predicted molar refractivity (Wildman–Crippen MR) is 141 cm³/mol. The van der Waals surface area contributed by atoms with E-state index in [-0.39, 0.29) is 41.2 Å². The molecule has 19 heteroatoms. The summed E-state index contributed by atoms with van der Waals surface area (Å²) < 4.78 is 97.1. The number of carbonyl (C=O) groups is 4. The van der Waals surface area contributed by atoms with Gasteiger partial charge in [0.2, 0.25) is 11.8 Å². The largest absolute Gasteiger partial charge is 0.491 e. The second-order valence-electron chi connectivity index (χ2n) is 9.74. The van der Waals surface area contributed by atoms with Crippen LogP contribution < -0.4 is 22.1 Å². The van der Waals surface area contributed by atoms with Gasteiger partial charge in [-0.1, -0.05) is 18.2 Å². The summed E-state index contributed by atoms with van der Waals surface area (Å²) in [5.74, 6) is -8.73. The molecule has 1 aromatic heterocycles. The summed E-state index contributed by atoms with van der Waals surface area (Å²) >= 11 is 0. The third kappa shape index (κ3) is 7.47. The number of rotatable bonds is 8. The highest BCUT2D eigenvalue weighted by molar-refractivity contribution is 6.07. The number of fused-ring (bicyclic) bond motifs is 1. The van der Waals surface area contributed by atoms with E-state index in [1.54, 1.807) is 0 Å². The average molecular weight is 645 g/mol. The second kappa shape index (κ2) is 12.4. The molecular formula is C26H22F7N7O5. The van der Waals surface area contributed by atoms with Gasteiger partial charge in [-0.2, -0.15) is 31.4 Å². The predicted octanol–water partition coefficient (Wildman–Crippen LogP) is 2.70. The number of primary amides is 2. The van der Waals surface area contributed by atoms with Crippen LogP contribution in [0.4, 0.5) is 36.4 Å². The third-order valence-corrected chi connectivity index (χ3v) is 6.60. The number of guanidine groups is 1. The Balaban J connectivity index is 1.87. The van der Waals surface area contributed by atoms with Gasteiger partial charge in [-0.25, -0.2) is 14.2 Å². The minimum absolute atomic E-state index is 0.0879. The van der Waals surface area contributed by atoms with Gasteiger partial charge in [-0.15, -0.1) is 0 Å². The molecule has 3 aromatic rings. The molecule has 1 aliphatic heterocycles. The monoisotopic (exact) mass is 645 g/mol. The van der Waals surface area contributed by atoms with Gasteiger partial charge in [0.25, 0.3) is 0 Å². The van der Waals surface area contributed by atoms with E-state index < -0.39 is 71.8 Å². The zero-order valence-electron chi connectivity index (χ0n) is 22.6. The molecule has 0 spiro atoms. The number of nitrogens with zero attached hydrogens (tertiary/aromatic N) is 3. The lowest BCUT2D eigenvalue weighted by Crippen LogP contribution is -2.41. The zero-order valence-corrected chi connectivity index (χ0v) is 22.6. The van der Waals surface area contributed by atoms with E-state index in [0.717, 1.165) is 29.1 Å². The molecule has 0 fully saturated rings. The second-order valence-corrected chi connectivity index (χ2v) is 9.74. The summed E-state index contributed by atoms with van der Waals surface area (Å²) in [5.41, 5.74) is 9.28. The van der Waals surface area contributed by atoms with E-state index >= 15 is 0 Å². The summed E-state index contributed by atoms with van der Waals surface area (Å²) in [5, 5.41) is 9.74. The Labute approximate surface area is 247 Å². The van der Waals surface area contributed by atoms with Crippen molar-refractivity contribution in [1.82, 2.24) is 15.1 Å². The molecule has 0 radical (unpaired) electrons. The van der Waals surface area contributed by atoms with Crippen LogP contribution in [0, 0.1) is 0 Å². The molecule has 2 aromatic carbocycles. The van der Waals surface area contributed by atoms with Gasteiger partial charge in [0.15, 0.2) is 5.96 Å². The highest BCUT2D eigenvalue weighted by atomic mass is 19.4. The first kappa shape index (κ1) is 32.7. The Morgan fingerprint density at radius 2 is 1.80 bits per heavy atom. The lowest BCUT2D eigenvalue weighted by Gasteiger charge is -2.26. The quantitative estimate of drug-likeness (QED) is 0.164. The van der Waals surface area contributed by atoms with Crippen molar-refractivity contribution >= 4 is 46.3 Å². The first-order valence-electron chi connectivity index (χ1n) is 12.7. The van der Waals surface area contributed by atoms with E-state index in [4.69, 9.17) is 11.5 Å². The first-order valence-corrected chi connectivity index (χ1v) is 12.7. The summed E-state index contributed by atoms with van der Waals surface area (Å²) in [6.45, 7) is -0.290.